The number of methoxy groups -OCH3 is 2. The number of rotatable bonds is 11. The van der Waals surface area contributed by atoms with Gasteiger partial charge in [-0.2, -0.15) is 0 Å². The average Bonchev–Trinajstić information content (AvgIpc) is 4.14. The van der Waals surface area contributed by atoms with Crippen LogP contribution in [0.2, 0.25) is 0 Å². The van der Waals surface area contributed by atoms with Crippen LogP contribution < -0.4 is 21.3 Å². The van der Waals surface area contributed by atoms with Crippen LogP contribution in [0.15, 0.2) is 72.8 Å². The molecule has 360 valence electrons. The summed E-state index contributed by atoms with van der Waals surface area (Å²) in [5.74, 6) is 0.225. The zero-order chi connectivity index (χ0) is 48.8. The van der Waals surface area contributed by atoms with Gasteiger partial charge in [-0.3, -0.25) is 9.59 Å². The van der Waals surface area contributed by atoms with Crippen LogP contribution in [0.3, 0.4) is 0 Å². The number of carbonyl (C=O) groups is 4. The summed E-state index contributed by atoms with van der Waals surface area (Å²) < 4.78 is 9.69. The number of nitrogens with one attached hydrogen (secondary N) is 5. The molecule has 2 fully saturated rings. The fourth-order valence-corrected chi connectivity index (χ4v) is 10.3. The molecule has 68 heavy (non-hydrogen) atoms. The molecule has 3 aliphatic rings. The Morgan fingerprint density at radius 3 is 1.97 bits per heavy atom. The molecule has 14 nitrogen and oxygen atoms in total. The molecule has 2 saturated heterocycles. The van der Waals surface area contributed by atoms with Crippen molar-refractivity contribution in [1.29, 1.82) is 0 Å². The summed E-state index contributed by atoms with van der Waals surface area (Å²) in [6.45, 7) is 19.9. The van der Waals surface area contributed by atoms with Crippen LogP contribution in [-0.4, -0.2) is 94.9 Å². The molecule has 0 radical (unpaired) electrons. The normalized spacial score (nSPS) is 20.0. The highest BCUT2D eigenvalue weighted by Crippen LogP contribution is 2.45. The van der Waals surface area contributed by atoms with Gasteiger partial charge in [-0.25, -0.2) is 14.6 Å². The fraction of sp³-hybridized carbons (Fsp3) is 0.463. The number of aromatic nitrogens is 2. The number of alkyl carbamates (subject to hydrolysis) is 2. The number of benzene rings is 4. The highest BCUT2D eigenvalue weighted by molar-refractivity contribution is 5.93. The average molecular weight is 925 g/mol. The number of ether oxygens (including phenoxy) is 2. The highest BCUT2D eigenvalue weighted by Gasteiger charge is 2.48. The Hall–Kier alpha value is -6.57. The predicted octanol–water partition coefficient (Wildman–Crippen LogP) is 10.1. The van der Waals surface area contributed by atoms with Crippen LogP contribution in [-0.2, 0) is 24.5 Å². The van der Waals surface area contributed by atoms with Crippen LogP contribution in [0.25, 0.3) is 44.4 Å². The molecule has 8 rings (SSSR count). The lowest BCUT2D eigenvalue weighted by molar-refractivity contribution is -0.136. The SMILES string of the molecule is COC(=O)N[C@H](C(=O)N1CCC[C@H]1C1(C)Nc2ccc(-c3ccc(-c4ccc5nc([C@@H]6CCCN6C(=O)[C@@H](NC(=O)OC)C(C)C)[nH]c5c4)cc3-c3cc(C)cc(C(C)(C)C)c3)cc2N1)C(C)C. The number of fused-ring (bicyclic) bond motifs is 2. The second-order valence-electron chi connectivity index (χ2n) is 20.8. The van der Waals surface area contributed by atoms with Crippen molar-refractivity contribution < 1.29 is 28.7 Å². The Labute approximate surface area is 400 Å². The van der Waals surface area contributed by atoms with Crippen molar-refractivity contribution in [3.63, 3.8) is 0 Å². The molecule has 0 bridgehead atoms. The Balaban J connectivity index is 1.12. The number of hydrogen-bond acceptors (Lipinski definition) is 9. The van der Waals surface area contributed by atoms with Crippen LogP contribution in [0.1, 0.15) is 104 Å². The van der Waals surface area contributed by atoms with E-state index in [2.05, 4.69) is 128 Å². The zero-order valence-electron chi connectivity index (χ0n) is 41.4. The van der Waals surface area contributed by atoms with E-state index in [1.807, 2.05) is 43.6 Å². The zero-order valence-corrected chi connectivity index (χ0v) is 41.4. The van der Waals surface area contributed by atoms with Crippen LogP contribution in [0.5, 0.6) is 0 Å². The van der Waals surface area contributed by atoms with E-state index in [-0.39, 0.29) is 41.1 Å². The third-order valence-corrected chi connectivity index (χ3v) is 14.1. The van der Waals surface area contributed by atoms with E-state index in [4.69, 9.17) is 14.5 Å². The lowest BCUT2D eigenvalue weighted by Crippen LogP contribution is -2.60. The van der Waals surface area contributed by atoms with Gasteiger partial charge in [-0.15, -0.1) is 0 Å². The minimum absolute atomic E-state index is 0.0668. The minimum Gasteiger partial charge on any atom is -0.453 e. The number of hydrogen-bond donors (Lipinski definition) is 5. The van der Waals surface area contributed by atoms with Gasteiger partial charge in [0.25, 0.3) is 0 Å². The summed E-state index contributed by atoms with van der Waals surface area (Å²) >= 11 is 0. The van der Waals surface area contributed by atoms with Crippen LogP contribution >= 0.6 is 0 Å². The number of H-pyrrole nitrogens is 1. The number of amides is 4. The number of carbonyl (C=O) groups excluding carboxylic acids is 4. The van der Waals surface area contributed by atoms with E-state index in [9.17, 15) is 19.2 Å². The van der Waals surface area contributed by atoms with E-state index in [0.717, 1.165) is 87.3 Å². The Bertz CT molecular complexity index is 2740. The van der Waals surface area contributed by atoms with Crippen molar-refractivity contribution in [3.8, 4) is 33.4 Å². The summed E-state index contributed by atoms with van der Waals surface area (Å²) in [4.78, 5) is 64.7. The quantitative estimate of drug-likeness (QED) is 0.0865. The molecular weight excluding hydrogens is 857 g/mol. The Morgan fingerprint density at radius 1 is 0.706 bits per heavy atom. The molecule has 5 N–H and O–H groups in total. The van der Waals surface area contributed by atoms with Crippen LogP contribution in [0, 0.1) is 18.8 Å². The topological polar surface area (TPSA) is 170 Å². The van der Waals surface area contributed by atoms with E-state index in [1.54, 1.807) is 0 Å². The Morgan fingerprint density at radius 2 is 1.31 bits per heavy atom. The summed E-state index contributed by atoms with van der Waals surface area (Å²) in [6, 6.07) is 24.4. The van der Waals surface area contributed by atoms with Gasteiger partial charge in [0.1, 0.15) is 23.6 Å². The number of anilines is 2. The van der Waals surface area contributed by atoms with Gasteiger partial charge in [0, 0.05) is 13.1 Å². The van der Waals surface area contributed by atoms with Gasteiger partial charge in [0.15, 0.2) is 0 Å². The predicted molar refractivity (Wildman–Crippen MR) is 268 cm³/mol. The molecule has 5 aromatic rings. The smallest absolute Gasteiger partial charge is 0.407 e. The van der Waals surface area contributed by atoms with E-state index < -0.39 is 29.9 Å². The van der Waals surface area contributed by atoms with Gasteiger partial charge in [-0.1, -0.05) is 96.5 Å². The van der Waals surface area contributed by atoms with Crippen LogP contribution in [0.4, 0.5) is 21.0 Å². The molecule has 4 aromatic carbocycles. The number of aryl methyl sites for hydroxylation is 1. The highest BCUT2D eigenvalue weighted by atomic mass is 16.5. The molecule has 0 spiro atoms. The van der Waals surface area contributed by atoms with Crippen molar-refractivity contribution in [2.24, 2.45) is 11.8 Å². The first-order valence-electron chi connectivity index (χ1n) is 24.1. The van der Waals surface area contributed by atoms with Crippen molar-refractivity contribution in [1.82, 2.24) is 30.4 Å². The van der Waals surface area contributed by atoms with Crippen molar-refractivity contribution in [2.75, 3.05) is 37.9 Å². The van der Waals surface area contributed by atoms with Crippen molar-refractivity contribution in [2.45, 2.75) is 123 Å². The molecule has 1 aromatic heterocycles. The molecular formula is C54H68N8O6. The summed E-state index contributed by atoms with van der Waals surface area (Å²) in [6.07, 6.45) is 2.01. The number of aromatic amines is 1. The van der Waals surface area contributed by atoms with Crippen molar-refractivity contribution in [3.05, 3.63) is 89.7 Å². The number of likely N-dealkylation sites (tertiary alicyclic amines) is 2. The molecule has 4 amide bonds. The molecule has 4 heterocycles. The standard InChI is InChI=1S/C54H68N8O6/c1-30(2)46(57-51(65)67-10)49(63)61-22-12-14-44(61)48-55-40-20-17-34(28-42(40)56-48)33-16-19-38(39(27-33)36-24-32(5)25-37(26-36)53(6,7)8)35-18-21-41-43(29-35)60-54(9,59-41)45-15-13-23-62(45)50(64)47(31(3)4)58-52(66)68-11/h16-21,24-31,44-47,59-60H,12-15,22-23H2,1-11H3,(H,55,56)(H,57,65)(H,58,66)/t44-,45-,46-,47-,54?/m0/s1. The lowest BCUT2D eigenvalue weighted by atomic mass is 9.83. The van der Waals surface area contributed by atoms with E-state index in [0.29, 0.717) is 13.1 Å². The minimum atomic E-state index is -0.712. The van der Waals surface area contributed by atoms with Gasteiger partial charge in [0.2, 0.25) is 11.8 Å². The second kappa shape index (κ2) is 18.8. The van der Waals surface area contributed by atoms with Gasteiger partial charge < -0.3 is 45.5 Å². The monoisotopic (exact) mass is 925 g/mol. The maximum Gasteiger partial charge on any atom is 0.407 e. The second-order valence-corrected chi connectivity index (χ2v) is 20.8. The molecule has 5 atom stereocenters. The molecule has 1 unspecified atom stereocenters. The molecule has 3 aliphatic heterocycles. The van der Waals surface area contributed by atoms with E-state index in [1.165, 1.54) is 25.3 Å². The first kappa shape index (κ1) is 47.9. The van der Waals surface area contributed by atoms with Gasteiger partial charge >= 0.3 is 12.2 Å². The molecule has 0 aliphatic carbocycles. The maximum absolute atomic E-state index is 14.1. The molecule has 14 heteroatoms. The van der Waals surface area contributed by atoms with Gasteiger partial charge in [-0.05, 0) is 126 Å². The summed E-state index contributed by atoms with van der Waals surface area (Å²) in [7, 11) is 2.61. The summed E-state index contributed by atoms with van der Waals surface area (Å²) in [5.41, 5.74) is 11.8. The van der Waals surface area contributed by atoms with Gasteiger partial charge in [0.05, 0.1) is 48.7 Å². The largest absolute Gasteiger partial charge is 0.453 e. The number of nitrogens with zero attached hydrogens (tertiary/aromatic N) is 3. The van der Waals surface area contributed by atoms with E-state index >= 15 is 0 Å². The van der Waals surface area contributed by atoms with Crippen molar-refractivity contribution >= 4 is 46.4 Å². The molecule has 0 saturated carbocycles. The third kappa shape index (κ3) is 9.46. The summed E-state index contributed by atoms with van der Waals surface area (Å²) in [5, 5.41) is 13.1. The first-order valence-corrected chi connectivity index (χ1v) is 24.1. The maximum atomic E-state index is 14.1. The third-order valence-electron chi connectivity index (χ3n) is 14.1. The first-order chi connectivity index (χ1) is 32.3. The lowest BCUT2D eigenvalue weighted by Gasteiger charge is -2.40. The number of imidazole rings is 1. The Kier molecular flexibility index (Phi) is 13.3. The fourth-order valence-electron chi connectivity index (χ4n) is 10.3.